The maximum atomic E-state index is 14.7. The van der Waals surface area contributed by atoms with Crippen LogP contribution in [0.5, 0.6) is 0 Å². The molecule has 1 aromatic heterocycles. The molecule has 0 aliphatic rings. The van der Waals surface area contributed by atoms with Crippen molar-refractivity contribution >= 4 is 22.8 Å². The Labute approximate surface area is 197 Å². The number of amides is 1. The molecule has 0 radical (unpaired) electrons. The van der Waals surface area contributed by atoms with E-state index in [4.69, 9.17) is 0 Å². The number of rotatable bonds is 4. The van der Waals surface area contributed by atoms with Gasteiger partial charge >= 0.3 is 29.7 Å². The summed E-state index contributed by atoms with van der Waals surface area (Å²) in [5, 5.41) is 11.0. The third-order valence-corrected chi connectivity index (χ3v) is 5.48. The minimum absolute atomic E-state index is 0.163. The highest BCUT2D eigenvalue weighted by molar-refractivity contribution is 5.89. The molecule has 0 fully saturated rings. The van der Waals surface area contributed by atoms with Crippen molar-refractivity contribution in [2.75, 3.05) is 14.1 Å². The molecule has 0 aliphatic heterocycles. The van der Waals surface area contributed by atoms with Gasteiger partial charge < -0.3 is 4.90 Å². The van der Waals surface area contributed by atoms with Gasteiger partial charge in [-0.1, -0.05) is 12.1 Å². The number of halogens is 7. The highest BCUT2D eigenvalue weighted by Crippen LogP contribution is 2.53. The number of benzene rings is 2. The van der Waals surface area contributed by atoms with Crippen molar-refractivity contribution in [1.29, 1.82) is 0 Å². The van der Waals surface area contributed by atoms with Crippen molar-refractivity contribution in [3.05, 3.63) is 73.7 Å². The average Bonchev–Trinajstić information content (AvgIpc) is 3.01. The Kier molecular flexibility index (Phi) is 6.40. The zero-order chi connectivity index (χ0) is 27.4. The number of nitrogens with zero attached hydrogens (tertiary/aromatic N) is 4. The first-order valence-electron chi connectivity index (χ1n) is 9.95. The average molecular weight is 522 g/mol. The summed E-state index contributed by atoms with van der Waals surface area (Å²) < 4.78 is 95.8. The zero-order valence-electron chi connectivity index (χ0n) is 18.7. The van der Waals surface area contributed by atoms with Crippen LogP contribution in [0.25, 0.3) is 11.0 Å². The minimum atomic E-state index is -6.39. The lowest BCUT2D eigenvalue weighted by Crippen LogP contribution is -2.50. The molecular formula is C21H17F7N4O4. The second-order valence-electron chi connectivity index (χ2n) is 8.12. The van der Waals surface area contributed by atoms with Crippen molar-refractivity contribution in [1.82, 2.24) is 14.0 Å². The number of nitro groups is 1. The van der Waals surface area contributed by atoms with E-state index in [-0.39, 0.29) is 34.5 Å². The number of carbonyl (C=O) groups excluding carboxylic acids is 1. The predicted octanol–water partition coefficient (Wildman–Crippen LogP) is 4.89. The second-order valence-corrected chi connectivity index (χ2v) is 8.12. The number of hydrogen-bond acceptors (Lipinski definition) is 4. The number of hydrogen-bond donors (Lipinski definition) is 0. The molecule has 194 valence electrons. The molecule has 0 aliphatic carbocycles. The fourth-order valence-electron chi connectivity index (χ4n) is 3.70. The number of imidazole rings is 1. The molecule has 8 nitrogen and oxygen atoms in total. The topological polar surface area (TPSA) is 90.4 Å². The number of aryl methyl sites for hydroxylation is 1. The van der Waals surface area contributed by atoms with E-state index < -0.39 is 52.3 Å². The van der Waals surface area contributed by atoms with Crippen molar-refractivity contribution in [2.45, 2.75) is 31.5 Å². The fraction of sp³-hybridized carbons (Fsp3) is 0.333. The predicted molar refractivity (Wildman–Crippen MR) is 113 cm³/mol. The van der Waals surface area contributed by atoms with E-state index >= 15 is 0 Å². The highest BCUT2D eigenvalue weighted by Gasteiger charge is 2.73. The molecule has 0 saturated carbocycles. The summed E-state index contributed by atoms with van der Waals surface area (Å²) >= 11 is 0. The smallest absolute Gasteiger partial charge is 0.330 e. The lowest BCUT2D eigenvalue weighted by atomic mass is 9.93. The van der Waals surface area contributed by atoms with Gasteiger partial charge in [-0.3, -0.25) is 14.7 Å². The maximum absolute atomic E-state index is 14.7. The lowest BCUT2D eigenvalue weighted by molar-refractivity contribution is -0.385. The van der Waals surface area contributed by atoms with Crippen LogP contribution in [0.2, 0.25) is 0 Å². The molecule has 36 heavy (non-hydrogen) atoms. The quantitative estimate of drug-likeness (QED) is 0.277. The van der Waals surface area contributed by atoms with Crippen LogP contribution in [0.15, 0.2) is 41.2 Å². The number of carbonyl (C=O) groups is 1. The molecule has 0 atom stereocenters. The molecule has 15 heteroatoms. The number of alkyl halides is 7. The van der Waals surface area contributed by atoms with Crippen LogP contribution < -0.4 is 5.69 Å². The van der Waals surface area contributed by atoms with Crippen LogP contribution >= 0.6 is 0 Å². The Morgan fingerprint density at radius 1 is 0.972 bits per heavy atom. The SMILES string of the molecule is Cc1cc(Cn2c(=O)n(C(=O)N(C)C)c3ccc(C(F)(C(F)(F)F)C(F)(F)F)cc32)ccc1[N+](=O)[O-]. The molecule has 1 heterocycles. The summed E-state index contributed by atoms with van der Waals surface area (Å²) in [4.78, 5) is 37.0. The maximum Gasteiger partial charge on any atom is 0.435 e. The number of fused-ring (bicyclic) bond motifs is 1. The first-order valence-corrected chi connectivity index (χ1v) is 9.95. The van der Waals surface area contributed by atoms with Crippen molar-refractivity contribution in [3.63, 3.8) is 0 Å². The molecule has 0 saturated heterocycles. The van der Waals surface area contributed by atoms with Crippen molar-refractivity contribution < 1.29 is 40.5 Å². The molecule has 3 aromatic rings. The van der Waals surface area contributed by atoms with Crippen molar-refractivity contribution in [2.24, 2.45) is 0 Å². The Bertz CT molecular complexity index is 1410. The lowest BCUT2D eigenvalue weighted by Gasteiger charge is -2.30. The Morgan fingerprint density at radius 2 is 1.56 bits per heavy atom. The van der Waals surface area contributed by atoms with Crippen LogP contribution in [0.4, 0.5) is 41.2 Å². The van der Waals surface area contributed by atoms with E-state index in [2.05, 4.69) is 0 Å². The van der Waals surface area contributed by atoms with Gasteiger partial charge in [-0.25, -0.2) is 18.5 Å². The van der Waals surface area contributed by atoms with Gasteiger partial charge in [0.1, 0.15) is 0 Å². The summed E-state index contributed by atoms with van der Waals surface area (Å²) in [6, 6.07) is 3.70. The zero-order valence-corrected chi connectivity index (χ0v) is 18.7. The summed E-state index contributed by atoms with van der Waals surface area (Å²) in [5.41, 5.74) is -9.56. The molecule has 0 unspecified atom stereocenters. The molecular weight excluding hydrogens is 505 g/mol. The molecule has 2 aromatic carbocycles. The van der Waals surface area contributed by atoms with Gasteiger partial charge in [0.15, 0.2) is 0 Å². The van der Waals surface area contributed by atoms with Gasteiger partial charge in [0, 0.05) is 31.3 Å². The van der Waals surface area contributed by atoms with Gasteiger partial charge in [0.2, 0.25) is 0 Å². The Balaban J connectivity index is 2.33. The van der Waals surface area contributed by atoms with Crippen LogP contribution in [0.1, 0.15) is 16.7 Å². The standard InChI is InChI=1S/C21H17F7N4O4/c1-11-8-12(4-6-14(11)32(35)36)10-30-16-9-13(19(22,20(23,24)25)21(26,27)28)5-7-15(16)31(18(30)34)17(33)29(2)3/h4-9H,10H2,1-3H3. The summed E-state index contributed by atoms with van der Waals surface area (Å²) in [6.07, 6.45) is -12.8. The van der Waals surface area contributed by atoms with Gasteiger partial charge in [0.25, 0.3) is 5.69 Å². The summed E-state index contributed by atoms with van der Waals surface area (Å²) in [6.45, 7) is 0.883. The highest BCUT2D eigenvalue weighted by atomic mass is 19.4. The van der Waals surface area contributed by atoms with E-state index in [1.165, 1.54) is 33.2 Å². The largest absolute Gasteiger partial charge is 0.435 e. The molecule has 3 rings (SSSR count). The van der Waals surface area contributed by atoms with Gasteiger partial charge in [-0.15, -0.1) is 0 Å². The first kappa shape index (κ1) is 26.7. The normalized spacial score (nSPS) is 12.7. The minimum Gasteiger partial charge on any atom is -0.330 e. The van der Waals surface area contributed by atoms with Gasteiger partial charge in [0.05, 0.1) is 22.5 Å². The first-order chi connectivity index (χ1) is 16.4. The molecule has 0 bridgehead atoms. The number of aromatic nitrogens is 2. The van der Waals surface area contributed by atoms with E-state index in [0.29, 0.717) is 15.2 Å². The van der Waals surface area contributed by atoms with Crippen molar-refractivity contribution in [3.8, 4) is 0 Å². The van der Waals surface area contributed by atoms with Gasteiger partial charge in [-0.05, 0) is 30.7 Å². The van der Waals surface area contributed by atoms with Gasteiger partial charge in [-0.2, -0.15) is 26.3 Å². The third-order valence-electron chi connectivity index (χ3n) is 5.48. The number of nitro benzene ring substituents is 1. The third kappa shape index (κ3) is 4.18. The van der Waals surface area contributed by atoms with E-state index in [1.54, 1.807) is 0 Å². The molecule has 0 N–H and O–H groups in total. The van der Waals surface area contributed by atoms with E-state index in [9.17, 15) is 50.4 Å². The van der Waals surface area contributed by atoms with Crippen LogP contribution in [-0.2, 0) is 12.2 Å². The van der Waals surface area contributed by atoms with Crippen LogP contribution in [-0.4, -0.2) is 51.4 Å². The fourth-order valence-corrected chi connectivity index (χ4v) is 3.70. The van der Waals surface area contributed by atoms with E-state index in [0.717, 1.165) is 11.0 Å². The van der Waals surface area contributed by atoms with E-state index in [1.807, 2.05) is 0 Å². The van der Waals surface area contributed by atoms with Crippen LogP contribution in [0, 0.1) is 17.0 Å². The summed E-state index contributed by atoms with van der Waals surface area (Å²) in [5.74, 6) is 0. The monoisotopic (exact) mass is 522 g/mol. The molecule has 0 spiro atoms. The van der Waals surface area contributed by atoms with Crippen LogP contribution in [0.3, 0.4) is 0 Å². The second kappa shape index (κ2) is 8.64. The summed E-state index contributed by atoms with van der Waals surface area (Å²) in [7, 11) is 2.51. The Hall–Kier alpha value is -3.91. The molecule has 1 amide bonds. The Morgan fingerprint density at radius 3 is 2.03 bits per heavy atom.